The summed E-state index contributed by atoms with van der Waals surface area (Å²) in [5.41, 5.74) is 0.403. The molecule has 122 valence electrons. The lowest BCUT2D eigenvalue weighted by atomic mass is 10.1. The number of nitrogens with zero attached hydrogens (tertiary/aromatic N) is 1. The molecule has 1 fully saturated rings. The number of nitrogens with one attached hydrogen (secondary N) is 1. The minimum absolute atomic E-state index is 0.0323. The fourth-order valence-corrected chi connectivity index (χ4v) is 2.62. The summed E-state index contributed by atoms with van der Waals surface area (Å²) < 4.78 is 44.0. The second kappa shape index (κ2) is 7.60. The van der Waals surface area contributed by atoms with Gasteiger partial charge < -0.3 is 10.1 Å². The third-order valence-corrected chi connectivity index (χ3v) is 3.68. The van der Waals surface area contributed by atoms with Crippen LogP contribution in [0.2, 0.25) is 0 Å². The van der Waals surface area contributed by atoms with Crippen LogP contribution in [0.4, 0.5) is 13.2 Å². The van der Waals surface area contributed by atoms with E-state index in [1.807, 2.05) is 4.90 Å². The molecular formula is C15H19F3N2O2. The van der Waals surface area contributed by atoms with Crippen molar-refractivity contribution in [2.75, 3.05) is 33.4 Å². The molecule has 2 rings (SSSR count). The number of hydrogen-bond donors (Lipinski definition) is 1. The summed E-state index contributed by atoms with van der Waals surface area (Å²) in [6, 6.07) is 2.04. The van der Waals surface area contributed by atoms with Gasteiger partial charge in [0.05, 0.1) is 0 Å². The van der Waals surface area contributed by atoms with Gasteiger partial charge in [-0.05, 0) is 36.6 Å². The largest absolute Gasteiger partial charge is 0.375 e. The molecule has 1 aromatic carbocycles. The first-order chi connectivity index (χ1) is 10.5. The number of rotatable bonds is 6. The topological polar surface area (TPSA) is 41.6 Å². The minimum atomic E-state index is -1.44. The second-order valence-corrected chi connectivity index (χ2v) is 5.50. The van der Waals surface area contributed by atoms with Crippen LogP contribution in [-0.4, -0.2) is 44.2 Å². The highest BCUT2D eigenvalue weighted by Crippen LogP contribution is 2.20. The molecule has 4 nitrogen and oxygen atoms in total. The van der Waals surface area contributed by atoms with Gasteiger partial charge in [-0.3, -0.25) is 9.69 Å². The fourth-order valence-electron chi connectivity index (χ4n) is 2.62. The van der Waals surface area contributed by atoms with Gasteiger partial charge in [0.2, 0.25) is 5.91 Å². The molecule has 1 aromatic rings. The summed E-state index contributed by atoms with van der Waals surface area (Å²) in [6.45, 7) is 2.42. The van der Waals surface area contributed by atoms with E-state index >= 15 is 0 Å². The van der Waals surface area contributed by atoms with Crippen molar-refractivity contribution in [1.82, 2.24) is 10.2 Å². The van der Waals surface area contributed by atoms with Gasteiger partial charge in [0.25, 0.3) is 0 Å². The number of methoxy groups -OCH3 is 1. The van der Waals surface area contributed by atoms with E-state index in [0.717, 1.165) is 25.1 Å². The zero-order valence-electron chi connectivity index (χ0n) is 12.4. The van der Waals surface area contributed by atoms with Gasteiger partial charge in [0.15, 0.2) is 17.5 Å². The Bertz CT molecular complexity index is 517. The molecular weight excluding hydrogens is 297 g/mol. The van der Waals surface area contributed by atoms with Crippen molar-refractivity contribution >= 4 is 5.91 Å². The molecule has 1 atom stereocenters. The van der Waals surface area contributed by atoms with Crippen molar-refractivity contribution in [3.63, 3.8) is 0 Å². The van der Waals surface area contributed by atoms with E-state index in [0.29, 0.717) is 25.2 Å². The Kier molecular flexibility index (Phi) is 5.79. The number of ether oxygens (including phenoxy) is 1. The van der Waals surface area contributed by atoms with Crippen LogP contribution in [0.15, 0.2) is 12.1 Å². The van der Waals surface area contributed by atoms with E-state index in [1.54, 1.807) is 0 Å². The van der Waals surface area contributed by atoms with Gasteiger partial charge in [0, 0.05) is 26.7 Å². The zero-order chi connectivity index (χ0) is 16.1. The highest BCUT2D eigenvalue weighted by atomic mass is 19.2. The first-order valence-corrected chi connectivity index (χ1v) is 7.11. The lowest BCUT2D eigenvalue weighted by Gasteiger charge is -2.16. The highest BCUT2D eigenvalue weighted by Gasteiger charge is 2.23. The summed E-state index contributed by atoms with van der Waals surface area (Å²) in [5.74, 6) is -3.65. The van der Waals surface area contributed by atoms with Crippen LogP contribution >= 0.6 is 0 Å². The quantitative estimate of drug-likeness (QED) is 0.812. The van der Waals surface area contributed by atoms with Crippen LogP contribution in [0.5, 0.6) is 0 Å². The average molecular weight is 316 g/mol. The zero-order valence-corrected chi connectivity index (χ0v) is 12.4. The first kappa shape index (κ1) is 16.8. The van der Waals surface area contributed by atoms with Gasteiger partial charge >= 0.3 is 0 Å². The number of halogens is 3. The predicted octanol–water partition coefficient (Wildman–Crippen LogP) is 1.69. The van der Waals surface area contributed by atoms with E-state index in [-0.39, 0.29) is 18.4 Å². The Labute approximate surface area is 127 Å². The molecule has 0 bridgehead atoms. The number of carbonyl (C=O) groups is 1. The monoisotopic (exact) mass is 316 g/mol. The van der Waals surface area contributed by atoms with Crippen molar-refractivity contribution in [1.29, 1.82) is 0 Å². The number of hydrogen-bond acceptors (Lipinski definition) is 3. The van der Waals surface area contributed by atoms with Crippen LogP contribution in [0.25, 0.3) is 0 Å². The maximum absolute atomic E-state index is 13.2. The molecule has 1 aliphatic heterocycles. The van der Waals surface area contributed by atoms with E-state index in [2.05, 4.69) is 5.32 Å². The maximum atomic E-state index is 13.2. The summed E-state index contributed by atoms with van der Waals surface area (Å²) >= 11 is 0. The van der Waals surface area contributed by atoms with Gasteiger partial charge in [-0.25, -0.2) is 13.2 Å². The van der Waals surface area contributed by atoms with E-state index in [9.17, 15) is 18.0 Å². The molecule has 1 unspecified atom stereocenters. The summed E-state index contributed by atoms with van der Waals surface area (Å²) in [7, 11) is 1.46. The first-order valence-electron chi connectivity index (χ1n) is 7.11. The normalized spacial score (nSPS) is 18.6. The predicted molar refractivity (Wildman–Crippen MR) is 74.6 cm³/mol. The van der Waals surface area contributed by atoms with Crippen LogP contribution in [0.1, 0.15) is 12.0 Å². The molecule has 1 amide bonds. The number of carbonyl (C=O) groups excluding carboxylic acids is 1. The molecule has 0 aliphatic carbocycles. The molecule has 0 radical (unpaired) electrons. The Balaban J connectivity index is 1.82. The summed E-state index contributed by atoms with van der Waals surface area (Å²) in [6.07, 6.45) is 0.888. The highest BCUT2D eigenvalue weighted by molar-refractivity contribution is 5.77. The molecule has 0 aromatic heterocycles. The lowest BCUT2D eigenvalue weighted by molar-refractivity contribution is -0.124. The molecule has 0 saturated carbocycles. The summed E-state index contributed by atoms with van der Waals surface area (Å²) in [5, 5.41) is 2.78. The van der Waals surface area contributed by atoms with Gasteiger partial charge in [-0.2, -0.15) is 0 Å². The van der Waals surface area contributed by atoms with Crippen molar-refractivity contribution in [2.45, 2.75) is 13.0 Å². The summed E-state index contributed by atoms with van der Waals surface area (Å²) in [4.78, 5) is 13.3. The standard InChI is InChI=1S/C15H19F3N2O2/c1-22-9-14(21)19-6-10-2-3-20(7-10)8-11-4-12(16)15(18)13(17)5-11/h4-5,10H,2-3,6-9H2,1H3,(H,19,21). The molecule has 7 heteroatoms. The smallest absolute Gasteiger partial charge is 0.245 e. The second-order valence-electron chi connectivity index (χ2n) is 5.50. The van der Waals surface area contributed by atoms with Crippen LogP contribution in [0, 0.1) is 23.4 Å². The molecule has 22 heavy (non-hydrogen) atoms. The van der Waals surface area contributed by atoms with Crippen molar-refractivity contribution in [3.05, 3.63) is 35.1 Å². The van der Waals surface area contributed by atoms with E-state index < -0.39 is 17.5 Å². The molecule has 1 saturated heterocycles. The molecule has 1 N–H and O–H groups in total. The number of amides is 1. The third-order valence-electron chi connectivity index (χ3n) is 3.68. The molecule has 0 spiro atoms. The van der Waals surface area contributed by atoms with Gasteiger partial charge in [0.1, 0.15) is 6.61 Å². The van der Waals surface area contributed by atoms with Crippen molar-refractivity contribution in [3.8, 4) is 0 Å². The number of likely N-dealkylation sites (tertiary alicyclic amines) is 1. The lowest BCUT2D eigenvalue weighted by Crippen LogP contribution is -2.33. The molecule has 1 heterocycles. The maximum Gasteiger partial charge on any atom is 0.245 e. The van der Waals surface area contributed by atoms with Crippen molar-refractivity contribution < 1.29 is 22.7 Å². The third kappa shape index (κ3) is 4.45. The SMILES string of the molecule is COCC(=O)NCC1CCN(Cc2cc(F)c(F)c(F)c2)C1. The van der Waals surface area contributed by atoms with E-state index in [1.165, 1.54) is 7.11 Å². The Morgan fingerprint density at radius 1 is 1.36 bits per heavy atom. The minimum Gasteiger partial charge on any atom is -0.375 e. The molecule has 1 aliphatic rings. The Morgan fingerprint density at radius 3 is 2.68 bits per heavy atom. The van der Waals surface area contributed by atoms with Crippen molar-refractivity contribution in [2.24, 2.45) is 5.92 Å². The van der Waals surface area contributed by atoms with Gasteiger partial charge in [-0.1, -0.05) is 0 Å². The number of benzene rings is 1. The van der Waals surface area contributed by atoms with Crippen LogP contribution < -0.4 is 5.32 Å². The Morgan fingerprint density at radius 2 is 2.05 bits per heavy atom. The Hall–Kier alpha value is -1.60. The van der Waals surface area contributed by atoms with Gasteiger partial charge in [-0.15, -0.1) is 0 Å². The van der Waals surface area contributed by atoms with E-state index in [4.69, 9.17) is 4.74 Å². The van der Waals surface area contributed by atoms with Crippen LogP contribution in [0.3, 0.4) is 0 Å². The average Bonchev–Trinajstić information content (AvgIpc) is 2.90. The fraction of sp³-hybridized carbons (Fsp3) is 0.533. The van der Waals surface area contributed by atoms with Crippen LogP contribution in [-0.2, 0) is 16.1 Å².